The van der Waals surface area contributed by atoms with Gasteiger partial charge in [0.05, 0.1) is 23.7 Å². The molecule has 0 amide bonds. The molecule has 3 aromatic carbocycles. The number of ether oxygens (including phenoxy) is 2. The highest BCUT2D eigenvalue weighted by Crippen LogP contribution is 2.32. The number of hydrogen-bond acceptors (Lipinski definition) is 5. The van der Waals surface area contributed by atoms with Gasteiger partial charge in [-0.1, -0.05) is 59.1 Å². The molecule has 9 heteroatoms. The zero-order valence-corrected chi connectivity index (χ0v) is 22.0. The van der Waals surface area contributed by atoms with Gasteiger partial charge in [0.25, 0.3) is 10.1 Å². The van der Waals surface area contributed by atoms with Crippen molar-refractivity contribution < 1.29 is 26.5 Å². The van der Waals surface area contributed by atoms with Gasteiger partial charge in [-0.2, -0.15) is 8.42 Å². The Labute approximate surface area is 221 Å². The van der Waals surface area contributed by atoms with Crippen LogP contribution in [0.25, 0.3) is 0 Å². The summed E-state index contributed by atoms with van der Waals surface area (Å²) in [5.74, 6) is -0.344. The van der Waals surface area contributed by atoms with Gasteiger partial charge in [-0.05, 0) is 73.7 Å². The minimum atomic E-state index is -3.89. The van der Waals surface area contributed by atoms with Gasteiger partial charge in [-0.25, -0.2) is 4.39 Å². The molecule has 0 aliphatic carbocycles. The summed E-state index contributed by atoms with van der Waals surface area (Å²) in [5.41, 5.74) is 2.56. The first kappa shape index (κ1) is 27.0. The van der Waals surface area contributed by atoms with E-state index in [1.807, 2.05) is 13.0 Å². The van der Waals surface area contributed by atoms with Crippen LogP contribution < -0.4 is 0 Å². The molecule has 1 heterocycles. The molecule has 4 rings (SSSR count). The van der Waals surface area contributed by atoms with Crippen LogP contribution in [0, 0.1) is 12.7 Å². The summed E-state index contributed by atoms with van der Waals surface area (Å²) in [4.78, 5) is 0.105. The summed E-state index contributed by atoms with van der Waals surface area (Å²) < 4.78 is 56.3. The zero-order chi connectivity index (χ0) is 25.7. The van der Waals surface area contributed by atoms with E-state index in [0.717, 1.165) is 23.1 Å². The fourth-order valence-electron chi connectivity index (χ4n) is 4.02. The van der Waals surface area contributed by atoms with Gasteiger partial charge in [0.1, 0.15) is 5.82 Å². The number of halogens is 3. The van der Waals surface area contributed by atoms with E-state index < -0.39 is 28.6 Å². The smallest absolute Gasteiger partial charge is 0.297 e. The van der Waals surface area contributed by atoms with E-state index in [0.29, 0.717) is 29.3 Å². The zero-order valence-electron chi connectivity index (χ0n) is 19.7. The molecule has 1 aliphatic heterocycles. The fraction of sp³-hybridized carbons (Fsp3) is 0.333. The molecule has 36 heavy (non-hydrogen) atoms. The van der Waals surface area contributed by atoms with Crippen molar-refractivity contribution in [1.29, 1.82) is 0 Å². The highest BCUT2D eigenvalue weighted by molar-refractivity contribution is 7.86. The van der Waals surface area contributed by atoms with Crippen molar-refractivity contribution in [3.05, 3.63) is 99.3 Å². The Morgan fingerprint density at radius 2 is 1.75 bits per heavy atom. The molecular weight excluding hydrogens is 526 g/mol. The van der Waals surface area contributed by atoms with E-state index >= 15 is 0 Å². The minimum Gasteiger partial charge on any atom is -0.347 e. The van der Waals surface area contributed by atoms with E-state index in [4.69, 9.17) is 36.9 Å². The molecule has 5 nitrogen and oxygen atoms in total. The highest BCUT2D eigenvalue weighted by atomic mass is 35.5. The lowest BCUT2D eigenvalue weighted by atomic mass is 10.0. The quantitative estimate of drug-likeness (QED) is 0.266. The summed E-state index contributed by atoms with van der Waals surface area (Å²) in [6, 6.07) is 17.8. The van der Waals surface area contributed by atoms with Crippen LogP contribution in [-0.2, 0) is 30.2 Å². The van der Waals surface area contributed by atoms with Crippen LogP contribution in [0.1, 0.15) is 42.1 Å². The van der Waals surface area contributed by atoms with Crippen molar-refractivity contribution in [3.63, 3.8) is 0 Å². The van der Waals surface area contributed by atoms with Crippen molar-refractivity contribution in [1.82, 2.24) is 0 Å². The molecule has 3 atom stereocenters. The van der Waals surface area contributed by atoms with Crippen molar-refractivity contribution in [2.45, 2.75) is 56.0 Å². The Bertz CT molecular complexity index is 1270. The van der Waals surface area contributed by atoms with Crippen molar-refractivity contribution in [2.24, 2.45) is 0 Å². The molecular formula is C27H27Cl2FO5S. The van der Waals surface area contributed by atoms with Crippen molar-refractivity contribution in [3.8, 4) is 0 Å². The van der Waals surface area contributed by atoms with Crippen LogP contribution in [0.5, 0.6) is 0 Å². The third kappa shape index (κ3) is 7.28. The van der Waals surface area contributed by atoms with Crippen molar-refractivity contribution in [2.75, 3.05) is 6.61 Å². The first-order valence-corrected chi connectivity index (χ1v) is 13.8. The number of aryl methyl sites for hydroxylation is 1. The second-order valence-corrected chi connectivity index (χ2v) is 11.2. The SMILES string of the molecule is Cc1ccc(S(=O)(=O)OCC2CCCC(OC(Cc3ccc(Cl)cc3Cl)c3ccc(F)cc3)O2)cc1. The summed E-state index contributed by atoms with van der Waals surface area (Å²) in [7, 11) is -3.89. The van der Waals surface area contributed by atoms with Crippen LogP contribution in [0.3, 0.4) is 0 Å². The first-order valence-electron chi connectivity index (χ1n) is 11.7. The topological polar surface area (TPSA) is 61.8 Å². The molecule has 0 saturated carbocycles. The average molecular weight is 553 g/mol. The predicted molar refractivity (Wildman–Crippen MR) is 137 cm³/mol. The number of rotatable bonds is 9. The Hall–Kier alpha value is -2.00. The number of hydrogen-bond donors (Lipinski definition) is 0. The summed E-state index contributed by atoms with van der Waals surface area (Å²) >= 11 is 12.4. The monoisotopic (exact) mass is 552 g/mol. The second kappa shape index (κ2) is 12.0. The maximum absolute atomic E-state index is 13.6. The predicted octanol–water partition coefficient (Wildman–Crippen LogP) is 7.04. The molecule has 192 valence electrons. The van der Waals surface area contributed by atoms with Gasteiger partial charge < -0.3 is 9.47 Å². The Kier molecular flexibility index (Phi) is 9.04. The first-order chi connectivity index (χ1) is 17.2. The summed E-state index contributed by atoms with van der Waals surface area (Å²) in [6.07, 6.45) is 0.976. The van der Waals surface area contributed by atoms with Crippen LogP contribution in [0.15, 0.2) is 71.6 Å². The molecule has 0 bridgehead atoms. The molecule has 0 N–H and O–H groups in total. The van der Waals surface area contributed by atoms with Gasteiger partial charge >= 0.3 is 0 Å². The Balaban J connectivity index is 1.43. The molecule has 1 saturated heterocycles. The van der Waals surface area contributed by atoms with E-state index in [1.165, 1.54) is 24.3 Å². The minimum absolute atomic E-state index is 0.105. The van der Waals surface area contributed by atoms with Gasteiger partial charge in [0, 0.05) is 16.5 Å². The van der Waals surface area contributed by atoms with E-state index in [2.05, 4.69) is 0 Å². The van der Waals surface area contributed by atoms with E-state index in [1.54, 1.807) is 36.4 Å². The molecule has 1 aliphatic rings. The second-order valence-electron chi connectivity index (χ2n) is 8.79. The van der Waals surface area contributed by atoms with Gasteiger partial charge in [-0.15, -0.1) is 0 Å². The van der Waals surface area contributed by atoms with Gasteiger partial charge in [0.2, 0.25) is 0 Å². The highest BCUT2D eigenvalue weighted by Gasteiger charge is 2.29. The van der Waals surface area contributed by atoms with E-state index in [9.17, 15) is 12.8 Å². The molecule has 0 radical (unpaired) electrons. The largest absolute Gasteiger partial charge is 0.347 e. The third-order valence-corrected chi connectivity index (χ3v) is 7.89. The average Bonchev–Trinajstić information content (AvgIpc) is 2.85. The van der Waals surface area contributed by atoms with E-state index in [-0.39, 0.29) is 17.3 Å². The Morgan fingerprint density at radius 1 is 1.03 bits per heavy atom. The molecule has 3 aromatic rings. The Morgan fingerprint density at radius 3 is 2.44 bits per heavy atom. The van der Waals surface area contributed by atoms with Gasteiger partial charge in [0.15, 0.2) is 6.29 Å². The normalized spacial score (nSPS) is 19.2. The van der Waals surface area contributed by atoms with Crippen LogP contribution in [0.4, 0.5) is 4.39 Å². The number of benzene rings is 3. The standard InChI is InChI=1S/C27H27Cl2FO5S/c1-18-5-13-24(14-6-18)36(31,32)33-17-23-3-2-4-27(34-23)35-26(19-8-11-22(30)12-9-19)15-20-7-10-21(28)16-25(20)29/h5-14,16,23,26-27H,2-4,15,17H2,1H3. The van der Waals surface area contributed by atoms with Crippen molar-refractivity contribution >= 4 is 33.3 Å². The van der Waals surface area contributed by atoms with Crippen LogP contribution in [-0.4, -0.2) is 27.4 Å². The summed E-state index contributed by atoms with van der Waals surface area (Å²) in [6.45, 7) is 1.77. The van der Waals surface area contributed by atoms with Gasteiger partial charge in [-0.3, -0.25) is 4.18 Å². The third-order valence-electron chi connectivity index (χ3n) is 6.01. The maximum Gasteiger partial charge on any atom is 0.297 e. The maximum atomic E-state index is 13.6. The molecule has 3 unspecified atom stereocenters. The molecule has 1 fully saturated rings. The van der Waals surface area contributed by atoms with Crippen LogP contribution in [0.2, 0.25) is 10.0 Å². The molecule has 0 aromatic heterocycles. The molecule has 0 spiro atoms. The summed E-state index contributed by atoms with van der Waals surface area (Å²) in [5, 5.41) is 1.04. The fourth-order valence-corrected chi connectivity index (χ4v) is 5.44. The van der Waals surface area contributed by atoms with Crippen LogP contribution >= 0.6 is 23.2 Å². The lowest BCUT2D eigenvalue weighted by molar-refractivity contribution is -0.220. The lowest BCUT2D eigenvalue weighted by Gasteiger charge is -2.32. The lowest BCUT2D eigenvalue weighted by Crippen LogP contribution is -2.34.